The first kappa shape index (κ1) is 26.3. The summed E-state index contributed by atoms with van der Waals surface area (Å²) in [7, 11) is 3.18. The molecule has 4 aromatic rings. The molecule has 5 rings (SSSR count). The van der Waals surface area contributed by atoms with Gasteiger partial charge in [-0.15, -0.1) is 16.4 Å². The van der Waals surface area contributed by atoms with Gasteiger partial charge in [0.1, 0.15) is 0 Å². The van der Waals surface area contributed by atoms with Gasteiger partial charge in [-0.25, -0.2) is 4.68 Å². The molecule has 1 saturated heterocycles. The molecule has 202 valence electrons. The van der Waals surface area contributed by atoms with Crippen LogP contribution in [0.25, 0.3) is 10.9 Å². The summed E-state index contributed by atoms with van der Waals surface area (Å²) in [4.78, 5) is 19.8. The average molecular weight is 539 g/mol. The van der Waals surface area contributed by atoms with Gasteiger partial charge in [-0.3, -0.25) is 9.69 Å². The third-order valence-electron chi connectivity index (χ3n) is 6.99. The molecule has 4 heterocycles. The number of hydrogen-bond donors (Lipinski definition) is 1. The molecule has 3 aromatic heterocycles. The van der Waals surface area contributed by atoms with Crippen molar-refractivity contribution in [2.45, 2.75) is 58.5 Å². The van der Waals surface area contributed by atoms with Crippen molar-refractivity contribution in [1.29, 1.82) is 0 Å². The van der Waals surface area contributed by atoms with E-state index in [1.807, 2.05) is 22.9 Å². The summed E-state index contributed by atoms with van der Waals surface area (Å²) in [6.07, 6.45) is 2.18. The average Bonchev–Trinajstić information content (AvgIpc) is 3.69. The number of benzene rings is 1. The predicted octanol–water partition coefficient (Wildman–Crippen LogP) is 4.17. The molecule has 1 fully saturated rings. The summed E-state index contributed by atoms with van der Waals surface area (Å²) in [6.45, 7) is 6.82. The number of aromatic amines is 1. The zero-order chi connectivity index (χ0) is 26.6. The first-order valence-electron chi connectivity index (χ1n) is 12.9. The largest absolute Gasteiger partial charge is 0.493 e. The summed E-state index contributed by atoms with van der Waals surface area (Å²) < 4.78 is 18.6. The monoisotopic (exact) mass is 538 g/mol. The van der Waals surface area contributed by atoms with E-state index in [1.54, 1.807) is 31.6 Å². The molecule has 1 aromatic carbocycles. The maximum absolute atomic E-state index is 13.3. The third-order valence-corrected chi connectivity index (χ3v) is 7.85. The van der Waals surface area contributed by atoms with Crippen molar-refractivity contribution in [3.63, 3.8) is 0 Å². The summed E-state index contributed by atoms with van der Waals surface area (Å²) in [6, 6.07) is 9.66. The summed E-state index contributed by atoms with van der Waals surface area (Å²) in [5.41, 5.74) is 1.22. The van der Waals surface area contributed by atoms with Gasteiger partial charge in [-0.2, -0.15) is 0 Å². The molecule has 0 radical (unpaired) electrons. The maximum atomic E-state index is 13.3. The Morgan fingerprint density at radius 2 is 2.03 bits per heavy atom. The van der Waals surface area contributed by atoms with Gasteiger partial charge in [0.2, 0.25) is 0 Å². The minimum absolute atomic E-state index is 0.117. The topological polar surface area (TPSA) is 107 Å². The van der Waals surface area contributed by atoms with E-state index in [9.17, 15) is 4.79 Å². The van der Waals surface area contributed by atoms with Crippen LogP contribution < -0.4 is 15.0 Å². The molecule has 1 aliphatic rings. The number of hydrogen-bond acceptors (Lipinski definition) is 9. The van der Waals surface area contributed by atoms with Crippen LogP contribution in [0.5, 0.6) is 11.5 Å². The van der Waals surface area contributed by atoms with Crippen LogP contribution in [-0.4, -0.2) is 57.0 Å². The molecule has 2 atom stereocenters. The molecule has 1 aliphatic heterocycles. The predicted molar refractivity (Wildman–Crippen MR) is 146 cm³/mol. The van der Waals surface area contributed by atoms with Crippen molar-refractivity contribution in [1.82, 2.24) is 30.1 Å². The van der Waals surface area contributed by atoms with Gasteiger partial charge in [-0.1, -0.05) is 19.9 Å². The number of pyridine rings is 1. The fourth-order valence-corrected chi connectivity index (χ4v) is 5.92. The van der Waals surface area contributed by atoms with Crippen LogP contribution in [0.3, 0.4) is 0 Å². The van der Waals surface area contributed by atoms with Crippen LogP contribution in [0.4, 0.5) is 0 Å². The number of H-pyrrole nitrogens is 1. The first-order chi connectivity index (χ1) is 18.5. The normalized spacial score (nSPS) is 16.5. The highest BCUT2D eigenvalue weighted by Gasteiger charge is 2.31. The number of methoxy groups -OCH3 is 2. The minimum Gasteiger partial charge on any atom is -0.493 e. The Morgan fingerprint density at radius 3 is 2.71 bits per heavy atom. The quantitative estimate of drug-likeness (QED) is 0.303. The van der Waals surface area contributed by atoms with Crippen LogP contribution in [-0.2, 0) is 24.4 Å². The van der Waals surface area contributed by atoms with Gasteiger partial charge in [0.15, 0.2) is 17.3 Å². The highest BCUT2D eigenvalue weighted by Crippen LogP contribution is 2.33. The van der Waals surface area contributed by atoms with Gasteiger partial charge < -0.3 is 19.2 Å². The lowest BCUT2D eigenvalue weighted by molar-refractivity contribution is 0.0853. The van der Waals surface area contributed by atoms with E-state index in [4.69, 9.17) is 14.2 Å². The summed E-state index contributed by atoms with van der Waals surface area (Å²) in [5.74, 6) is 2.16. The molecule has 38 heavy (non-hydrogen) atoms. The minimum atomic E-state index is -0.137. The number of nitrogens with one attached hydrogen (secondary N) is 1. The standard InChI is InChI=1S/C27H34N6O4S/c1-17(2)25(26-29-30-31-33(26)15-20-7-5-9-37-20)32(16-21-8-6-10-38-21)14-19-11-18-12-23(35-3)24(36-4)13-22(18)28-27(19)34/h6,8,10-13,17,20,25H,5,7,9,14-16H2,1-4H3,(H,28,34)/t20-,25-/m0/s1. The number of thiophene rings is 1. The van der Waals surface area contributed by atoms with Crippen molar-refractivity contribution < 1.29 is 14.2 Å². The Labute approximate surface area is 225 Å². The number of nitrogens with zero attached hydrogens (tertiary/aromatic N) is 5. The maximum Gasteiger partial charge on any atom is 0.252 e. The molecule has 10 nitrogen and oxygen atoms in total. The molecule has 0 bridgehead atoms. The molecule has 1 N–H and O–H groups in total. The van der Waals surface area contributed by atoms with Crippen molar-refractivity contribution >= 4 is 22.2 Å². The zero-order valence-corrected chi connectivity index (χ0v) is 23.0. The Morgan fingerprint density at radius 1 is 1.21 bits per heavy atom. The van der Waals surface area contributed by atoms with E-state index in [-0.39, 0.29) is 23.6 Å². The van der Waals surface area contributed by atoms with Crippen molar-refractivity contribution in [2.75, 3.05) is 20.8 Å². The van der Waals surface area contributed by atoms with Gasteiger partial charge in [0.25, 0.3) is 5.56 Å². The second-order valence-corrected chi connectivity index (χ2v) is 11.0. The Balaban J connectivity index is 1.52. The number of ether oxygens (including phenoxy) is 3. The second kappa shape index (κ2) is 11.6. The Kier molecular flexibility index (Phi) is 8.06. The van der Waals surface area contributed by atoms with Gasteiger partial charge in [-0.05, 0) is 52.8 Å². The third kappa shape index (κ3) is 5.59. The van der Waals surface area contributed by atoms with Crippen LogP contribution in [0.2, 0.25) is 0 Å². The molecule has 0 spiro atoms. The smallest absolute Gasteiger partial charge is 0.252 e. The number of rotatable bonds is 11. The Hall–Kier alpha value is -3.28. The van der Waals surface area contributed by atoms with Crippen molar-refractivity contribution in [3.05, 3.63) is 62.3 Å². The summed E-state index contributed by atoms with van der Waals surface area (Å²) in [5, 5.41) is 15.8. The number of fused-ring (bicyclic) bond motifs is 1. The Bertz CT molecular complexity index is 1410. The van der Waals surface area contributed by atoms with Gasteiger partial charge >= 0.3 is 0 Å². The van der Waals surface area contributed by atoms with Gasteiger partial charge in [0.05, 0.1) is 38.4 Å². The van der Waals surface area contributed by atoms with Gasteiger partial charge in [0, 0.05) is 41.6 Å². The second-order valence-electron chi connectivity index (χ2n) is 9.95. The van der Waals surface area contributed by atoms with Crippen molar-refractivity contribution in [2.24, 2.45) is 5.92 Å². The molecular weight excluding hydrogens is 504 g/mol. The highest BCUT2D eigenvalue weighted by molar-refractivity contribution is 7.09. The van der Waals surface area contributed by atoms with E-state index >= 15 is 0 Å². The lowest BCUT2D eigenvalue weighted by Gasteiger charge is -2.33. The zero-order valence-electron chi connectivity index (χ0n) is 22.2. The molecule has 0 saturated carbocycles. The van der Waals surface area contributed by atoms with Crippen molar-refractivity contribution in [3.8, 4) is 11.5 Å². The summed E-state index contributed by atoms with van der Waals surface area (Å²) >= 11 is 1.70. The fourth-order valence-electron chi connectivity index (χ4n) is 5.19. The molecule has 0 unspecified atom stereocenters. The number of tetrazole rings is 1. The van der Waals surface area contributed by atoms with E-state index in [2.05, 4.69) is 50.7 Å². The molecule has 11 heteroatoms. The van der Waals surface area contributed by atoms with E-state index in [0.29, 0.717) is 42.2 Å². The lowest BCUT2D eigenvalue weighted by atomic mass is 10.00. The molecule has 0 amide bonds. The van der Waals surface area contributed by atoms with Crippen LogP contribution in [0.15, 0.2) is 40.5 Å². The van der Waals surface area contributed by atoms with E-state index < -0.39 is 0 Å². The SMILES string of the molecule is COc1cc2cc(CN(Cc3cccs3)[C@H](c3nnnn3C[C@@H]3CCCO3)C(C)C)c(=O)[nH]c2cc1OC. The van der Waals surface area contributed by atoms with Crippen LogP contribution in [0, 0.1) is 5.92 Å². The fraction of sp³-hybridized carbons (Fsp3) is 0.481. The van der Waals surface area contributed by atoms with E-state index in [0.717, 1.165) is 30.7 Å². The molecular formula is C27H34N6O4S. The molecule has 0 aliphatic carbocycles. The number of aromatic nitrogens is 5. The van der Waals surface area contributed by atoms with Crippen LogP contribution in [0.1, 0.15) is 49.0 Å². The highest BCUT2D eigenvalue weighted by atomic mass is 32.1. The van der Waals surface area contributed by atoms with Crippen LogP contribution >= 0.6 is 11.3 Å². The first-order valence-corrected chi connectivity index (χ1v) is 13.8. The van der Waals surface area contributed by atoms with E-state index in [1.165, 1.54) is 4.88 Å². The lowest BCUT2D eigenvalue weighted by Crippen LogP contribution is -2.35.